The molecular weight excluding hydrogens is 534 g/mol. The zero-order valence-electron chi connectivity index (χ0n) is 25.2. The molecule has 2 aromatic heterocycles. The Balaban J connectivity index is 1.29. The maximum atomic E-state index is 12.9. The van der Waals surface area contributed by atoms with Crippen LogP contribution in [0, 0.1) is 12.3 Å². The predicted octanol–water partition coefficient (Wildman–Crippen LogP) is 4.60. The molecule has 4 heterocycles. The van der Waals surface area contributed by atoms with Gasteiger partial charge < -0.3 is 25.0 Å². The summed E-state index contributed by atoms with van der Waals surface area (Å²) >= 11 is 0. The summed E-state index contributed by atoms with van der Waals surface area (Å²) in [5.74, 6) is 0.505. The van der Waals surface area contributed by atoms with Crippen molar-refractivity contribution in [2.45, 2.75) is 84.1 Å². The summed E-state index contributed by atoms with van der Waals surface area (Å²) in [6.45, 7) is 9.76. The highest BCUT2D eigenvalue weighted by Crippen LogP contribution is 2.52. The molecule has 2 amide bonds. The molecule has 6 rings (SSSR count). The van der Waals surface area contributed by atoms with Crippen molar-refractivity contribution in [3.8, 4) is 0 Å². The van der Waals surface area contributed by atoms with E-state index < -0.39 is 5.60 Å². The van der Waals surface area contributed by atoms with Gasteiger partial charge in [0, 0.05) is 32.2 Å². The van der Waals surface area contributed by atoms with Crippen LogP contribution in [0.2, 0.25) is 0 Å². The quantitative estimate of drug-likeness (QED) is 0.463. The number of piperidine rings is 1. The number of fused-ring (bicyclic) bond motifs is 2. The molecule has 3 aliphatic rings. The second-order valence-corrected chi connectivity index (χ2v) is 12.8. The molecule has 1 aliphatic carbocycles. The highest BCUT2D eigenvalue weighted by atomic mass is 16.6. The van der Waals surface area contributed by atoms with E-state index >= 15 is 0 Å². The van der Waals surface area contributed by atoms with Gasteiger partial charge in [-0.1, -0.05) is 24.3 Å². The maximum absolute atomic E-state index is 12.9. The molecule has 11 nitrogen and oxygen atoms in total. The van der Waals surface area contributed by atoms with Crippen LogP contribution in [-0.2, 0) is 15.9 Å². The summed E-state index contributed by atoms with van der Waals surface area (Å²) in [7, 11) is 1.59. The van der Waals surface area contributed by atoms with E-state index in [1.54, 1.807) is 11.7 Å². The Bertz CT molecular complexity index is 1500. The zero-order valence-corrected chi connectivity index (χ0v) is 25.2. The molecule has 2 fully saturated rings. The molecule has 3 aromatic rings. The SMILES string of the molecule is CNC(=O)c1nn(C2CCCCO2)c2nc(N3CCC4(CC3)Cc3ccccc3[C@H]4NC(=O)OC(C)(C)C)c(C)nc12. The number of benzene rings is 1. The van der Waals surface area contributed by atoms with Gasteiger partial charge in [-0.25, -0.2) is 19.4 Å². The molecule has 0 radical (unpaired) electrons. The lowest BCUT2D eigenvalue weighted by atomic mass is 9.72. The lowest BCUT2D eigenvalue weighted by molar-refractivity contribution is -0.0371. The molecule has 0 bridgehead atoms. The van der Waals surface area contributed by atoms with Gasteiger partial charge in [0.1, 0.15) is 11.1 Å². The van der Waals surface area contributed by atoms with E-state index in [1.165, 1.54) is 11.1 Å². The minimum absolute atomic E-state index is 0.118. The van der Waals surface area contributed by atoms with Gasteiger partial charge in [-0.3, -0.25) is 4.79 Å². The number of nitrogens with one attached hydrogen (secondary N) is 2. The average Bonchev–Trinajstić information content (AvgIpc) is 3.47. The first-order chi connectivity index (χ1) is 20.1. The molecule has 1 aromatic carbocycles. The number of hydrogen-bond donors (Lipinski definition) is 2. The third kappa shape index (κ3) is 5.19. The third-order valence-electron chi connectivity index (χ3n) is 8.79. The number of ether oxygens (including phenoxy) is 2. The Kier molecular flexibility index (Phi) is 7.32. The molecule has 1 spiro atoms. The smallest absolute Gasteiger partial charge is 0.408 e. The van der Waals surface area contributed by atoms with Crippen LogP contribution in [0.1, 0.15) is 92.5 Å². The highest BCUT2D eigenvalue weighted by molar-refractivity contribution is 6.02. The van der Waals surface area contributed by atoms with Crippen LogP contribution in [0.15, 0.2) is 24.3 Å². The van der Waals surface area contributed by atoms with Crippen LogP contribution in [0.4, 0.5) is 10.6 Å². The van der Waals surface area contributed by atoms with E-state index in [1.807, 2.05) is 33.8 Å². The van der Waals surface area contributed by atoms with Gasteiger partial charge in [-0.05, 0) is 77.3 Å². The van der Waals surface area contributed by atoms with E-state index in [9.17, 15) is 9.59 Å². The molecule has 224 valence electrons. The van der Waals surface area contributed by atoms with Crippen LogP contribution in [0.25, 0.3) is 11.2 Å². The van der Waals surface area contributed by atoms with Gasteiger partial charge in [-0.2, -0.15) is 5.10 Å². The number of nitrogens with zero attached hydrogens (tertiary/aromatic N) is 5. The topological polar surface area (TPSA) is 124 Å². The molecule has 42 heavy (non-hydrogen) atoms. The second-order valence-electron chi connectivity index (χ2n) is 12.8. The first-order valence-electron chi connectivity index (χ1n) is 15.0. The Labute approximate surface area is 246 Å². The molecule has 2 N–H and O–H groups in total. The van der Waals surface area contributed by atoms with E-state index in [4.69, 9.17) is 19.4 Å². The van der Waals surface area contributed by atoms with E-state index in [-0.39, 0.29) is 35.4 Å². The zero-order chi connectivity index (χ0) is 29.6. The Morgan fingerprint density at radius 1 is 1.12 bits per heavy atom. The van der Waals surface area contributed by atoms with Crippen LogP contribution in [0.5, 0.6) is 0 Å². The van der Waals surface area contributed by atoms with Gasteiger partial charge in [0.05, 0.1) is 11.7 Å². The van der Waals surface area contributed by atoms with Crippen LogP contribution in [-0.4, -0.2) is 64.1 Å². The first kappa shape index (κ1) is 28.4. The van der Waals surface area contributed by atoms with E-state index in [0.717, 1.165) is 63.1 Å². The summed E-state index contributed by atoms with van der Waals surface area (Å²) in [5.41, 5.74) is 3.85. The summed E-state index contributed by atoms with van der Waals surface area (Å²) < 4.78 is 13.4. The summed E-state index contributed by atoms with van der Waals surface area (Å²) in [6, 6.07) is 8.28. The number of carbonyl (C=O) groups is 2. The number of rotatable bonds is 4. The molecule has 1 unspecified atom stereocenters. The summed E-state index contributed by atoms with van der Waals surface area (Å²) in [4.78, 5) is 37.9. The molecular formula is C31H41N7O4. The number of aryl methyl sites for hydroxylation is 1. The Morgan fingerprint density at radius 3 is 2.57 bits per heavy atom. The third-order valence-corrected chi connectivity index (χ3v) is 8.79. The van der Waals surface area contributed by atoms with Crippen molar-refractivity contribution < 1.29 is 19.1 Å². The minimum atomic E-state index is -0.569. The number of hydrogen-bond acceptors (Lipinski definition) is 8. The number of aromatic nitrogens is 4. The van der Waals surface area contributed by atoms with Crippen molar-refractivity contribution >= 4 is 29.0 Å². The lowest BCUT2D eigenvalue weighted by Crippen LogP contribution is -2.48. The largest absolute Gasteiger partial charge is 0.444 e. The van der Waals surface area contributed by atoms with Crippen molar-refractivity contribution in [1.29, 1.82) is 0 Å². The molecule has 2 saturated heterocycles. The van der Waals surface area contributed by atoms with Crippen molar-refractivity contribution in [2.24, 2.45) is 5.41 Å². The van der Waals surface area contributed by atoms with Gasteiger partial charge in [0.15, 0.2) is 23.4 Å². The Morgan fingerprint density at radius 2 is 1.88 bits per heavy atom. The maximum Gasteiger partial charge on any atom is 0.408 e. The Hall–Kier alpha value is -3.73. The van der Waals surface area contributed by atoms with Crippen molar-refractivity contribution in [1.82, 2.24) is 30.4 Å². The fourth-order valence-corrected chi connectivity index (χ4v) is 6.78. The second kappa shape index (κ2) is 10.8. The van der Waals surface area contributed by atoms with Gasteiger partial charge >= 0.3 is 6.09 Å². The summed E-state index contributed by atoms with van der Waals surface area (Å²) in [5, 5.41) is 10.6. The van der Waals surface area contributed by atoms with Crippen molar-refractivity contribution in [2.75, 3.05) is 31.6 Å². The average molecular weight is 576 g/mol. The van der Waals surface area contributed by atoms with Crippen molar-refractivity contribution in [3.63, 3.8) is 0 Å². The van der Waals surface area contributed by atoms with Crippen molar-refractivity contribution in [3.05, 3.63) is 46.8 Å². The van der Waals surface area contributed by atoms with Crippen LogP contribution < -0.4 is 15.5 Å². The van der Waals surface area contributed by atoms with Crippen LogP contribution in [0.3, 0.4) is 0 Å². The molecule has 11 heteroatoms. The molecule has 0 saturated carbocycles. The number of alkyl carbamates (subject to hydrolysis) is 1. The summed E-state index contributed by atoms with van der Waals surface area (Å²) in [6.07, 6.45) is 4.84. The number of amides is 2. The predicted molar refractivity (Wildman–Crippen MR) is 158 cm³/mol. The van der Waals surface area contributed by atoms with Gasteiger partial charge in [-0.15, -0.1) is 0 Å². The molecule has 2 aliphatic heterocycles. The van der Waals surface area contributed by atoms with Crippen LogP contribution >= 0.6 is 0 Å². The standard InChI is InChI=1S/C31H41N7O4/c1-19-26(35-27-23(33-19)24(28(39)32-5)36-38(27)22-12-8-9-17-41-22)37-15-13-31(14-16-37)18-20-10-6-7-11-21(20)25(31)34-29(40)42-30(2,3)4/h6-7,10-11,22,25H,8-9,12-18H2,1-5H3,(H,32,39)(H,34,40)/t22?,25-/m1/s1. The monoisotopic (exact) mass is 575 g/mol. The van der Waals surface area contributed by atoms with Gasteiger partial charge in [0.25, 0.3) is 5.91 Å². The minimum Gasteiger partial charge on any atom is -0.444 e. The van der Waals surface area contributed by atoms with E-state index in [2.05, 4.69) is 38.8 Å². The van der Waals surface area contributed by atoms with E-state index in [0.29, 0.717) is 17.8 Å². The first-order valence-corrected chi connectivity index (χ1v) is 15.0. The highest BCUT2D eigenvalue weighted by Gasteiger charge is 2.49. The fourth-order valence-electron chi connectivity index (χ4n) is 6.78. The normalized spacial score (nSPS) is 21.8. The number of carbonyl (C=O) groups excluding carboxylic acids is 2. The number of anilines is 1. The van der Waals surface area contributed by atoms with Gasteiger partial charge in [0.2, 0.25) is 0 Å². The molecule has 2 atom stereocenters. The lowest BCUT2D eigenvalue weighted by Gasteiger charge is -2.44. The fraction of sp³-hybridized carbons (Fsp3) is 0.581.